The first-order valence-corrected chi connectivity index (χ1v) is 10.9. The summed E-state index contributed by atoms with van der Waals surface area (Å²) < 4.78 is 89.2. The number of carbonyl (C=O) groups excluding carboxylic acids is 2. The van der Waals surface area contributed by atoms with Crippen LogP contribution in [0.4, 0.5) is 30.7 Å². The Morgan fingerprint density at radius 3 is 2.51 bits per heavy atom. The zero-order chi connectivity index (χ0) is 27.6. The van der Waals surface area contributed by atoms with E-state index in [1.165, 1.54) is 0 Å². The molecule has 2 amide bonds. The molecule has 1 aliphatic carbocycles. The Labute approximate surface area is 205 Å². The number of nitrogens with one attached hydrogen (secondary N) is 3. The van der Waals surface area contributed by atoms with E-state index in [4.69, 9.17) is 11.6 Å². The molecule has 2 aromatic rings. The fourth-order valence-electron chi connectivity index (χ4n) is 3.58. The number of hydrogen-bond acceptors (Lipinski definition) is 6. The number of H-pyrrole nitrogens is 1. The third kappa shape index (κ3) is 7.02. The Morgan fingerprint density at radius 2 is 1.89 bits per heavy atom. The summed E-state index contributed by atoms with van der Waals surface area (Å²) in [6.07, 6.45) is -6.49. The average Bonchev–Trinajstić information content (AvgIpc) is 3.21. The summed E-state index contributed by atoms with van der Waals surface area (Å²) in [5.74, 6) is -5.72. The highest BCUT2D eigenvalue weighted by Gasteiger charge is 2.71. The standard InChI is InChI=1S/C21H24F7N7O2/c22-19(23)6-12(21(19,27)28)9-35(30)10-13(29)18(37)32-8-16-33-14-2-1-11(5-15(14)34-16)7-31-17(36)3-4-20(24,25)26/h1-2,5,10,12H,3-4,6-9,29-30H2,(H,31,36)(H,32,37)(H,33,34)/b13-10-. The highest BCUT2D eigenvalue weighted by atomic mass is 19.4. The molecule has 3 rings (SSSR count). The van der Waals surface area contributed by atoms with E-state index in [2.05, 4.69) is 20.6 Å². The van der Waals surface area contributed by atoms with Crippen LogP contribution >= 0.6 is 0 Å². The van der Waals surface area contributed by atoms with Crippen LogP contribution in [0.5, 0.6) is 0 Å². The van der Waals surface area contributed by atoms with Gasteiger partial charge in [-0.2, -0.15) is 30.7 Å². The molecular weight excluding hydrogens is 515 g/mol. The van der Waals surface area contributed by atoms with Crippen LogP contribution in [-0.4, -0.2) is 51.4 Å². The van der Waals surface area contributed by atoms with E-state index < -0.39 is 67.3 Å². The molecule has 204 valence electrons. The van der Waals surface area contributed by atoms with Crippen molar-refractivity contribution in [3.05, 3.63) is 41.5 Å². The number of benzene rings is 1. The lowest BCUT2D eigenvalue weighted by Gasteiger charge is -2.44. The average molecular weight is 539 g/mol. The molecule has 1 aliphatic rings. The monoisotopic (exact) mass is 539 g/mol. The van der Waals surface area contributed by atoms with Gasteiger partial charge in [0.25, 0.3) is 5.91 Å². The molecule has 1 heterocycles. The number of aromatic nitrogens is 2. The number of halogens is 7. The number of alkyl halides is 7. The van der Waals surface area contributed by atoms with Gasteiger partial charge in [-0.05, 0) is 17.7 Å². The summed E-state index contributed by atoms with van der Waals surface area (Å²) >= 11 is 0. The van der Waals surface area contributed by atoms with Crippen molar-refractivity contribution < 1.29 is 40.3 Å². The summed E-state index contributed by atoms with van der Waals surface area (Å²) in [6.45, 7) is -0.757. The highest BCUT2D eigenvalue weighted by molar-refractivity contribution is 5.92. The van der Waals surface area contributed by atoms with Crippen molar-refractivity contribution in [2.45, 2.75) is 50.4 Å². The van der Waals surface area contributed by atoms with E-state index in [9.17, 15) is 40.3 Å². The number of rotatable bonds is 10. The van der Waals surface area contributed by atoms with Crippen LogP contribution in [0.1, 0.15) is 30.7 Å². The van der Waals surface area contributed by atoms with Crippen LogP contribution in [-0.2, 0) is 22.7 Å². The predicted octanol–water partition coefficient (Wildman–Crippen LogP) is 2.40. The molecule has 7 N–H and O–H groups in total. The van der Waals surface area contributed by atoms with Gasteiger partial charge < -0.3 is 26.4 Å². The number of hydrogen-bond donors (Lipinski definition) is 5. The number of hydrazine groups is 1. The lowest BCUT2D eigenvalue weighted by molar-refractivity contribution is -0.315. The van der Waals surface area contributed by atoms with Gasteiger partial charge in [-0.15, -0.1) is 0 Å². The van der Waals surface area contributed by atoms with E-state index in [1.807, 2.05) is 0 Å². The lowest BCUT2D eigenvalue weighted by atomic mass is 9.76. The van der Waals surface area contributed by atoms with Crippen LogP contribution in [0, 0.1) is 5.92 Å². The van der Waals surface area contributed by atoms with Crippen LogP contribution in [0.25, 0.3) is 11.0 Å². The first-order chi connectivity index (χ1) is 17.1. The van der Waals surface area contributed by atoms with Gasteiger partial charge in [0.15, 0.2) is 0 Å². The molecule has 16 heteroatoms. The molecule has 1 aromatic carbocycles. The minimum Gasteiger partial charge on any atom is -0.393 e. The third-order valence-electron chi connectivity index (χ3n) is 5.64. The second-order valence-electron chi connectivity index (χ2n) is 8.62. The van der Waals surface area contributed by atoms with Gasteiger partial charge in [-0.1, -0.05) is 6.07 Å². The fraction of sp³-hybridized carbons (Fsp3) is 0.476. The quantitative estimate of drug-likeness (QED) is 0.136. The van der Waals surface area contributed by atoms with Crippen molar-refractivity contribution in [2.24, 2.45) is 17.5 Å². The van der Waals surface area contributed by atoms with Crippen molar-refractivity contribution in [1.29, 1.82) is 0 Å². The number of amides is 2. The zero-order valence-corrected chi connectivity index (χ0v) is 19.1. The molecule has 9 nitrogen and oxygen atoms in total. The minimum atomic E-state index is -4.42. The zero-order valence-electron chi connectivity index (χ0n) is 19.1. The first kappa shape index (κ1) is 28.0. The van der Waals surface area contributed by atoms with Crippen LogP contribution in [0.3, 0.4) is 0 Å². The summed E-state index contributed by atoms with van der Waals surface area (Å²) in [6, 6.07) is 4.85. The Morgan fingerprint density at radius 1 is 1.19 bits per heavy atom. The summed E-state index contributed by atoms with van der Waals surface area (Å²) in [5, 5.41) is 5.47. The van der Waals surface area contributed by atoms with E-state index in [-0.39, 0.29) is 13.1 Å². The van der Waals surface area contributed by atoms with Gasteiger partial charge in [-0.3, -0.25) is 9.59 Å². The summed E-state index contributed by atoms with van der Waals surface area (Å²) in [5.41, 5.74) is 6.78. The molecule has 0 radical (unpaired) electrons. The maximum atomic E-state index is 13.4. The Balaban J connectivity index is 1.49. The van der Waals surface area contributed by atoms with Gasteiger partial charge in [0.05, 0.1) is 29.9 Å². The lowest BCUT2D eigenvalue weighted by Crippen LogP contribution is -2.61. The second-order valence-corrected chi connectivity index (χ2v) is 8.62. The number of nitrogens with zero attached hydrogens (tertiary/aromatic N) is 2. The van der Waals surface area contributed by atoms with Crippen molar-refractivity contribution in [3.8, 4) is 0 Å². The van der Waals surface area contributed by atoms with Gasteiger partial charge in [-0.25, -0.2) is 10.8 Å². The van der Waals surface area contributed by atoms with Gasteiger partial charge in [0, 0.05) is 32.1 Å². The van der Waals surface area contributed by atoms with Gasteiger partial charge >= 0.3 is 18.0 Å². The summed E-state index contributed by atoms with van der Waals surface area (Å²) in [7, 11) is 0. The topological polar surface area (TPSA) is 142 Å². The highest BCUT2D eigenvalue weighted by Crippen LogP contribution is 2.55. The van der Waals surface area contributed by atoms with E-state index >= 15 is 0 Å². The van der Waals surface area contributed by atoms with E-state index in [0.29, 0.717) is 27.4 Å². The normalized spacial score (nSPS) is 18.8. The third-order valence-corrected chi connectivity index (χ3v) is 5.64. The molecule has 1 aromatic heterocycles. The van der Waals surface area contributed by atoms with Crippen LogP contribution in [0.2, 0.25) is 0 Å². The van der Waals surface area contributed by atoms with E-state index in [1.54, 1.807) is 18.2 Å². The molecule has 37 heavy (non-hydrogen) atoms. The van der Waals surface area contributed by atoms with E-state index in [0.717, 1.165) is 6.20 Å². The Bertz CT molecular complexity index is 1180. The van der Waals surface area contributed by atoms with Gasteiger partial charge in [0.1, 0.15) is 11.5 Å². The smallest absolute Gasteiger partial charge is 0.389 e. The number of aromatic amines is 1. The molecule has 0 spiro atoms. The molecule has 0 bridgehead atoms. The molecule has 1 saturated carbocycles. The molecule has 0 saturated heterocycles. The number of fused-ring (bicyclic) bond motifs is 1. The molecule has 0 aliphatic heterocycles. The second kappa shape index (κ2) is 10.4. The Kier molecular flexibility index (Phi) is 7.90. The first-order valence-electron chi connectivity index (χ1n) is 10.9. The van der Waals surface area contributed by atoms with Crippen molar-refractivity contribution in [2.75, 3.05) is 6.54 Å². The minimum absolute atomic E-state index is 0.000924. The van der Waals surface area contributed by atoms with Crippen molar-refractivity contribution in [3.63, 3.8) is 0 Å². The predicted molar refractivity (Wildman–Crippen MR) is 116 cm³/mol. The molecule has 1 atom stereocenters. The summed E-state index contributed by atoms with van der Waals surface area (Å²) in [4.78, 5) is 30.9. The van der Waals surface area contributed by atoms with Crippen LogP contribution < -0.4 is 22.2 Å². The molecule has 1 unspecified atom stereocenters. The largest absolute Gasteiger partial charge is 0.393 e. The maximum Gasteiger partial charge on any atom is 0.389 e. The van der Waals surface area contributed by atoms with Crippen molar-refractivity contribution >= 4 is 22.8 Å². The number of nitrogens with two attached hydrogens (primary N) is 2. The maximum absolute atomic E-state index is 13.4. The van der Waals surface area contributed by atoms with Gasteiger partial charge in [0.2, 0.25) is 5.91 Å². The molecular formula is C21H24F7N7O2. The SMILES string of the molecule is N/C(=C\N(N)CC1CC(F)(F)C1(F)F)C(=O)NCc1nc2ccc(CNC(=O)CCC(F)(F)F)cc2[nH]1. The fourth-order valence-corrected chi connectivity index (χ4v) is 3.58. The Hall–Kier alpha value is -3.56. The molecule has 1 fully saturated rings. The number of imidazole rings is 1. The van der Waals surface area contributed by atoms with Crippen molar-refractivity contribution in [1.82, 2.24) is 25.6 Å². The van der Waals surface area contributed by atoms with Crippen LogP contribution in [0.15, 0.2) is 30.1 Å². The number of carbonyl (C=O) groups is 2.